The van der Waals surface area contributed by atoms with E-state index >= 15 is 0 Å². The molecule has 0 bridgehead atoms. The van der Waals surface area contributed by atoms with Crippen LogP contribution in [-0.4, -0.2) is 24.4 Å². The molecule has 3 heteroatoms. The summed E-state index contributed by atoms with van der Waals surface area (Å²) in [5.41, 5.74) is 0. The first-order valence-corrected chi connectivity index (χ1v) is 5.02. The molecule has 2 rings (SSSR count). The van der Waals surface area contributed by atoms with E-state index in [1.807, 2.05) is 6.07 Å². The first kappa shape index (κ1) is 8.23. The third-order valence-electron chi connectivity index (χ3n) is 2.21. The zero-order valence-electron chi connectivity index (χ0n) is 6.77. The van der Waals surface area contributed by atoms with Gasteiger partial charge in [0.25, 0.3) is 0 Å². The van der Waals surface area contributed by atoms with Crippen LogP contribution in [-0.2, 0) is 11.2 Å². The van der Waals surface area contributed by atoms with Gasteiger partial charge in [-0.15, -0.1) is 11.3 Å². The summed E-state index contributed by atoms with van der Waals surface area (Å²) >= 11 is 1.75. The van der Waals surface area contributed by atoms with Gasteiger partial charge in [-0.05, 0) is 17.9 Å². The Kier molecular flexibility index (Phi) is 2.44. The maximum atomic E-state index is 9.47. The summed E-state index contributed by atoms with van der Waals surface area (Å²) < 4.78 is 5.17. The van der Waals surface area contributed by atoms with Crippen LogP contribution >= 0.6 is 11.3 Å². The van der Waals surface area contributed by atoms with Gasteiger partial charge in [0.05, 0.1) is 19.3 Å². The Balaban J connectivity index is 1.95. The first-order chi connectivity index (χ1) is 5.86. The van der Waals surface area contributed by atoms with E-state index in [2.05, 4.69) is 11.4 Å². The molecule has 0 radical (unpaired) electrons. The van der Waals surface area contributed by atoms with E-state index in [9.17, 15) is 5.11 Å². The lowest BCUT2D eigenvalue weighted by molar-refractivity contribution is 0.118. The van der Waals surface area contributed by atoms with Crippen molar-refractivity contribution in [1.29, 1.82) is 0 Å². The number of ether oxygens (including phenoxy) is 1. The minimum absolute atomic E-state index is 0.257. The minimum atomic E-state index is -0.257. The van der Waals surface area contributed by atoms with Crippen LogP contribution in [0.25, 0.3) is 0 Å². The van der Waals surface area contributed by atoms with Crippen molar-refractivity contribution in [3.8, 4) is 0 Å². The molecule has 2 nitrogen and oxygen atoms in total. The van der Waals surface area contributed by atoms with Gasteiger partial charge in [-0.25, -0.2) is 0 Å². The van der Waals surface area contributed by atoms with E-state index in [-0.39, 0.29) is 6.10 Å². The fourth-order valence-corrected chi connectivity index (χ4v) is 2.27. The lowest BCUT2D eigenvalue weighted by atomic mass is 10.0. The Morgan fingerprint density at radius 2 is 2.50 bits per heavy atom. The lowest BCUT2D eigenvalue weighted by Gasteiger charge is -2.09. The Labute approximate surface area is 75.8 Å². The van der Waals surface area contributed by atoms with Gasteiger partial charge in [-0.3, -0.25) is 0 Å². The Hall–Kier alpha value is -0.380. The van der Waals surface area contributed by atoms with Gasteiger partial charge in [-0.2, -0.15) is 0 Å². The van der Waals surface area contributed by atoms with Crippen LogP contribution in [0.3, 0.4) is 0 Å². The molecular formula is C9H12O2S. The third kappa shape index (κ3) is 1.68. The molecule has 66 valence electrons. The van der Waals surface area contributed by atoms with E-state index in [1.54, 1.807) is 11.3 Å². The smallest absolute Gasteiger partial charge is 0.0827 e. The summed E-state index contributed by atoms with van der Waals surface area (Å²) in [5, 5.41) is 11.5. The van der Waals surface area contributed by atoms with Gasteiger partial charge in [0, 0.05) is 10.8 Å². The number of rotatable bonds is 2. The van der Waals surface area contributed by atoms with Gasteiger partial charge >= 0.3 is 0 Å². The van der Waals surface area contributed by atoms with Gasteiger partial charge in [0.2, 0.25) is 0 Å². The van der Waals surface area contributed by atoms with Crippen LogP contribution in [0.2, 0.25) is 0 Å². The van der Waals surface area contributed by atoms with Crippen molar-refractivity contribution in [2.24, 2.45) is 5.92 Å². The average Bonchev–Trinajstić information content (AvgIpc) is 2.65. The maximum Gasteiger partial charge on any atom is 0.0827 e. The predicted octanol–water partition coefficient (Wildman–Crippen LogP) is 1.30. The molecule has 1 N–H and O–H groups in total. The fourth-order valence-electron chi connectivity index (χ4n) is 1.47. The zero-order valence-corrected chi connectivity index (χ0v) is 7.59. The van der Waals surface area contributed by atoms with Crippen molar-refractivity contribution in [3.63, 3.8) is 0 Å². The Morgan fingerprint density at radius 3 is 3.08 bits per heavy atom. The molecule has 0 aliphatic carbocycles. The van der Waals surface area contributed by atoms with E-state index in [1.165, 1.54) is 4.88 Å². The highest BCUT2D eigenvalue weighted by molar-refractivity contribution is 7.09. The number of aliphatic hydroxyl groups excluding tert-OH is 1. The fraction of sp³-hybridized carbons (Fsp3) is 0.556. The molecule has 0 amide bonds. The van der Waals surface area contributed by atoms with Gasteiger partial charge in [-0.1, -0.05) is 6.07 Å². The van der Waals surface area contributed by atoms with Crippen LogP contribution in [0.4, 0.5) is 0 Å². The summed E-state index contributed by atoms with van der Waals surface area (Å²) in [4.78, 5) is 1.34. The van der Waals surface area contributed by atoms with Crippen molar-refractivity contribution in [2.75, 3.05) is 13.2 Å². The monoisotopic (exact) mass is 184 g/mol. The van der Waals surface area contributed by atoms with Crippen molar-refractivity contribution >= 4 is 11.3 Å². The number of hydrogen-bond acceptors (Lipinski definition) is 3. The number of thiophene rings is 1. The highest BCUT2D eigenvalue weighted by Crippen LogP contribution is 2.21. The zero-order chi connectivity index (χ0) is 8.39. The van der Waals surface area contributed by atoms with E-state index in [4.69, 9.17) is 4.74 Å². The molecule has 1 fully saturated rings. The summed E-state index contributed by atoms with van der Waals surface area (Å²) in [7, 11) is 0. The molecule has 2 atom stereocenters. The van der Waals surface area contributed by atoms with Crippen LogP contribution in [0.5, 0.6) is 0 Å². The van der Waals surface area contributed by atoms with E-state index < -0.39 is 0 Å². The summed E-state index contributed by atoms with van der Waals surface area (Å²) in [6, 6.07) is 4.15. The van der Waals surface area contributed by atoms with Crippen LogP contribution in [0.1, 0.15) is 4.88 Å². The molecule has 1 saturated heterocycles. The second kappa shape index (κ2) is 3.56. The van der Waals surface area contributed by atoms with E-state index in [0.717, 1.165) is 6.42 Å². The van der Waals surface area contributed by atoms with Crippen molar-refractivity contribution in [1.82, 2.24) is 0 Å². The summed E-state index contributed by atoms with van der Waals surface area (Å²) in [6.45, 7) is 1.22. The van der Waals surface area contributed by atoms with Crippen molar-refractivity contribution in [2.45, 2.75) is 12.5 Å². The molecule has 1 aromatic rings. The molecule has 0 saturated carbocycles. The molecule has 1 aromatic heterocycles. The lowest BCUT2D eigenvalue weighted by Crippen LogP contribution is -2.19. The second-order valence-corrected chi connectivity index (χ2v) is 4.18. The SMILES string of the molecule is OC1COCC1Cc1cccs1. The van der Waals surface area contributed by atoms with Crippen molar-refractivity contribution < 1.29 is 9.84 Å². The molecular weight excluding hydrogens is 172 g/mol. The average molecular weight is 184 g/mol. The standard InChI is InChI=1S/C9H12O2S/c10-9-6-11-5-7(9)4-8-2-1-3-12-8/h1-3,7,9-10H,4-6H2. The molecule has 2 heterocycles. The van der Waals surface area contributed by atoms with E-state index in [0.29, 0.717) is 19.1 Å². The predicted molar refractivity (Wildman–Crippen MR) is 48.3 cm³/mol. The molecule has 0 spiro atoms. The van der Waals surface area contributed by atoms with Gasteiger partial charge in [0.1, 0.15) is 0 Å². The molecule has 0 aromatic carbocycles. The van der Waals surface area contributed by atoms with Crippen molar-refractivity contribution in [3.05, 3.63) is 22.4 Å². The Morgan fingerprint density at radius 1 is 1.58 bits per heavy atom. The summed E-state index contributed by atoms with van der Waals surface area (Å²) in [5.74, 6) is 0.309. The molecule has 1 aliphatic heterocycles. The topological polar surface area (TPSA) is 29.5 Å². The molecule has 12 heavy (non-hydrogen) atoms. The second-order valence-electron chi connectivity index (χ2n) is 3.15. The quantitative estimate of drug-likeness (QED) is 0.750. The van der Waals surface area contributed by atoms with Gasteiger partial charge < -0.3 is 9.84 Å². The van der Waals surface area contributed by atoms with Gasteiger partial charge in [0.15, 0.2) is 0 Å². The highest BCUT2D eigenvalue weighted by Gasteiger charge is 2.26. The normalized spacial score (nSPS) is 29.4. The third-order valence-corrected chi connectivity index (χ3v) is 3.11. The number of hydrogen-bond donors (Lipinski definition) is 1. The number of aliphatic hydroxyl groups is 1. The largest absolute Gasteiger partial charge is 0.390 e. The summed E-state index contributed by atoms with van der Waals surface area (Å²) in [6.07, 6.45) is 0.700. The first-order valence-electron chi connectivity index (χ1n) is 4.14. The minimum Gasteiger partial charge on any atom is -0.390 e. The maximum absolute atomic E-state index is 9.47. The van der Waals surface area contributed by atoms with Crippen LogP contribution in [0.15, 0.2) is 17.5 Å². The molecule has 1 aliphatic rings. The van der Waals surface area contributed by atoms with Crippen LogP contribution in [0, 0.1) is 5.92 Å². The highest BCUT2D eigenvalue weighted by atomic mass is 32.1. The Bertz CT molecular complexity index is 233. The van der Waals surface area contributed by atoms with Crippen LogP contribution < -0.4 is 0 Å². The molecule has 2 unspecified atom stereocenters.